The van der Waals surface area contributed by atoms with Crippen LogP contribution in [-0.2, 0) is 6.54 Å². The smallest absolute Gasteiger partial charge is 0.168 e. The van der Waals surface area contributed by atoms with E-state index in [0.717, 1.165) is 23.3 Å². The monoisotopic (exact) mass is 329 g/mol. The van der Waals surface area contributed by atoms with Crippen molar-refractivity contribution in [2.75, 3.05) is 6.54 Å². The fraction of sp³-hybridized carbons (Fsp3) is 0.545. The van der Waals surface area contributed by atoms with Gasteiger partial charge in [-0.3, -0.25) is 0 Å². The zero-order valence-corrected chi connectivity index (χ0v) is 12.8. The van der Waals surface area contributed by atoms with Gasteiger partial charge in [0.1, 0.15) is 0 Å². The molecule has 98 valence electrons. The number of rotatable bonds is 6. The molecule has 7 heteroatoms. The Morgan fingerprint density at radius 2 is 2.39 bits per heavy atom. The van der Waals surface area contributed by atoms with Crippen LogP contribution in [0.15, 0.2) is 15.9 Å². The van der Waals surface area contributed by atoms with Crippen LogP contribution in [0.4, 0.5) is 0 Å². The molecule has 0 aliphatic rings. The van der Waals surface area contributed by atoms with Gasteiger partial charge in [0.25, 0.3) is 0 Å². The summed E-state index contributed by atoms with van der Waals surface area (Å²) in [7, 11) is 0. The maximum Gasteiger partial charge on any atom is 0.168 e. The molecule has 2 aromatic heterocycles. The molecule has 5 nitrogen and oxygen atoms in total. The molecule has 18 heavy (non-hydrogen) atoms. The molecule has 0 saturated carbocycles. The van der Waals surface area contributed by atoms with Crippen LogP contribution in [0.25, 0.3) is 0 Å². The van der Waals surface area contributed by atoms with Crippen LogP contribution < -0.4 is 5.32 Å². The Morgan fingerprint density at radius 1 is 1.56 bits per heavy atom. The minimum Gasteiger partial charge on any atom is -0.307 e. The van der Waals surface area contributed by atoms with Crippen LogP contribution in [0.2, 0.25) is 0 Å². The summed E-state index contributed by atoms with van der Waals surface area (Å²) >= 11 is 5.23. The maximum atomic E-state index is 4.11. The van der Waals surface area contributed by atoms with Gasteiger partial charge >= 0.3 is 0 Å². The van der Waals surface area contributed by atoms with Crippen LogP contribution in [-0.4, -0.2) is 26.8 Å². The molecular weight excluding hydrogens is 314 g/mol. The first-order chi connectivity index (χ1) is 8.72. The number of nitrogens with zero attached hydrogens (tertiary/aromatic N) is 4. The van der Waals surface area contributed by atoms with Crippen molar-refractivity contribution >= 4 is 27.3 Å². The Hall–Kier alpha value is -0.790. The van der Waals surface area contributed by atoms with Crippen molar-refractivity contribution < 1.29 is 0 Å². The molecular formula is C11H16BrN5S. The van der Waals surface area contributed by atoms with Crippen LogP contribution in [0.5, 0.6) is 0 Å². The summed E-state index contributed by atoms with van der Waals surface area (Å²) in [5.74, 6) is 0.878. The predicted octanol–water partition coefficient (Wildman–Crippen LogP) is 2.61. The maximum absolute atomic E-state index is 4.11. The van der Waals surface area contributed by atoms with Crippen molar-refractivity contribution in [3.63, 3.8) is 0 Å². The molecule has 0 radical (unpaired) electrons. The summed E-state index contributed by atoms with van der Waals surface area (Å²) < 4.78 is 2.97. The molecule has 0 fully saturated rings. The Labute approximate surface area is 119 Å². The lowest BCUT2D eigenvalue weighted by atomic mass is 10.3. The molecule has 2 aromatic rings. The number of hydrogen-bond acceptors (Lipinski definition) is 5. The van der Waals surface area contributed by atoms with Crippen LogP contribution in [0.1, 0.15) is 37.0 Å². The Kier molecular flexibility index (Phi) is 4.85. The lowest BCUT2D eigenvalue weighted by Crippen LogP contribution is -2.23. The first-order valence-electron chi connectivity index (χ1n) is 5.93. The van der Waals surface area contributed by atoms with Crippen molar-refractivity contribution in [2.45, 2.75) is 32.9 Å². The lowest BCUT2D eigenvalue weighted by molar-refractivity contribution is 0.505. The van der Waals surface area contributed by atoms with Crippen LogP contribution >= 0.6 is 27.3 Å². The van der Waals surface area contributed by atoms with Crippen molar-refractivity contribution in [2.24, 2.45) is 0 Å². The molecule has 0 spiro atoms. The summed E-state index contributed by atoms with van der Waals surface area (Å²) in [6, 6.07) is 2.21. The summed E-state index contributed by atoms with van der Waals surface area (Å²) in [6.07, 6.45) is 1.10. The molecule has 0 bridgehead atoms. The molecule has 0 aromatic carbocycles. The van der Waals surface area contributed by atoms with Gasteiger partial charge in [-0.1, -0.05) is 6.92 Å². The van der Waals surface area contributed by atoms with Gasteiger partial charge in [-0.2, -0.15) is 0 Å². The van der Waals surface area contributed by atoms with E-state index in [1.165, 1.54) is 4.88 Å². The molecule has 0 aliphatic carbocycles. The van der Waals surface area contributed by atoms with Gasteiger partial charge in [0.15, 0.2) is 5.82 Å². The molecule has 2 rings (SSSR count). The Morgan fingerprint density at radius 3 is 3.06 bits per heavy atom. The molecule has 0 aliphatic heterocycles. The highest BCUT2D eigenvalue weighted by molar-refractivity contribution is 9.10. The van der Waals surface area contributed by atoms with Gasteiger partial charge in [0.05, 0.1) is 12.6 Å². The third kappa shape index (κ3) is 3.15. The van der Waals surface area contributed by atoms with Crippen molar-refractivity contribution in [3.8, 4) is 0 Å². The second-order valence-corrected chi connectivity index (χ2v) is 5.92. The van der Waals surface area contributed by atoms with Gasteiger partial charge in [0.2, 0.25) is 0 Å². The summed E-state index contributed by atoms with van der Waals surface area (Å²) in [5.41, 5.74) is 0. The molecule has 1 unspecified atom stereocenters. The van der Waals surface area contributed by atoms with E-state index in [9.17, 15) is 0 Å². The van der Waals surface area contributed by atoms with E-state index in [2.05, 4.69) is 56.0 Å². The highest BCUT2D eigenvalue weighted by atomic mass is 79.9. The lowest BCUT2D eigenvalue weighted by Gasteiger charge is -2.12. The van der Waals surface area contributed by atoms with Crippen LogP contribution in [0.3, 0.4) is 0 Å². The summed E-state index contributed by atoms with van der Waals surface area (Å²) in [6.45, 7) is 5.90. The Balaban J connectivity index is 2.10. The zero-order chi connectivity index (χ0) is 13.0. The van der Waals surface area contributed by atoms with E-state index in [1.807, 2.05) is 10.7 Å². The van der Waals surface area contributed by atoms with Crippen molar-refractivity contribution in [1.29, 1.82) is 0 Å². The number of tetrazole rings is 1. The minimum atomic E-state index is 0.165. The van der Waals surface area contributed by atoms with Gasteiger partial charge in [-0.05, 0) is 57.7 Å². The van der Waals surface area contributed by atoms with Gasteiger partial charge in [-0.25, -0.2) is 4.68 Å². The minimum absolute atomic E-state index is 0.165. The highest BCUT2D eigenvalue weighted by Crippen LogP contribution is 2.24. The second kappa shape index (κ2) is 6.40. The first kappa shape index (κ1) is 13.6. The highest BCUT2D eigenvalue weighted by Gasteiger charge is 2.15. The number of halogens is 1. The fourth-order valence-electron chi connectivity index (χ4n) is 1.66. The quantitative estimate of drug-likeness (QED) is 0.885. The van der Waals surface area contributed by atoms with Gasteiger partial charge < -0.3 is 5.32 Å². The normalized spacial score (nSPS) is 12.8. The fourth-order valence-corrected chi connectivity index (χ4v) is 3.12. The first-order valence-corrected chi connectivity index (χ1v) is 7.61. The molecule has 0 saturated heterocycles. The standard InChI is InChI=1S/C11H16BrN5S/c1-3-5-13-8(2)11-14-15-16-17(11)7-10-9(12)4-6-18-10/h4,6,8,13H,3,5,7H2,1-2H3. The van der Waals surface area contributed by atoms with Gasteiger partial charge in [0, 0.05) is 9.35 Å². The summed E-state index contributed by atoms with van der Waals surface area (Å²) in [4.78, 5) is 1.23. The van der Waals surface area contributed by atoms with E-state index < -0.39 is 0 Å². The Bertz CT molecular complexity index is 495. The average molecular weight is 330 g/mol. The predicted molar refractivity (Wildman–Crippen MR) is 75.6 cm³/mol. The topological polar surface area (TPSA) is 55.6 Å². The number of nitrogens with one attached hydrogen (secondary N) is 1. The van der Waals surface area contributed by atoms with E-state index in [4.69, 9.17) is 0 Å². The van der Waals surface area contributed by atoms with E-state index in [1.54, 1.807) is 11.3 Å². The average Bonchev–Trinajstić information content (AvgIpc) is 2.97. The molecule has 0 amide bonds. The third-order valence-corrected chi connectivity index (χ3v) is 4.54. The number of hydrogen-bond donors (Lipinski definition) is 1. The summed E-state index contributed by atoms with van der Waals surface area (Å²) in [5, 5.41) is 17.4. The van der Waals surface area contributed by atoms with Gasteiger partial charge in [-0.15, -0.1) is 16.4 Å². The molecule has 2 heterocycles. The van der Waals surface area contributed by atoms with E-state index >= 15 is 0 Å². The van der Waals surface area contributed by atoms with Crippen molar-refractivity contribution in [3.05, 3.63) is 26.6 Å². The van der Waals surface area contributed by atoms with E-state index in [-0.39, 0.29) is 6.04 Å². The molecule has 1 N–H and O–H groups in total. The van der Waals surface area contributed by atoms with Crippen LogP contribution in [0, 0.1) is 0 Å². The zero-order valence-electron chi connectivity index (χ0n) is 10.4. The third-order valence-electron chi connectivity index (χ3n) is 2.63. The van der Waals surface area contributed by atoms with Crippen molar-refractivity contribution in [1.82, 2.24) is 25.5 Å². The SMILES string of the molecule is CCCNC(C)c1nnnn1Cc1sccc1Br. The largest absolute Gasteiger partial charge is 0.307 e. The van der Waals surface area contributed by atoms with E-state index in [0.29, 0.717) is 6.54 Å². The molecule has 1 atom stereocenters. The second-order valence-electron chi connectivity index (χ2n) is 4.06. The number of thiophene rings is 1. The number of aromatic nitrogens is 4.